The van der Waals surface area contributed by atoms with Gasteiger partial charge in [0.15, 0.2) is 0 Å². The van der Waals surface area contributed by atoms with Crippen LogP contribution >= 0.6 is 43.6 Å². The van der Waals surface area contributed by atoms with Gasteiger partial charge in [0.1, 0.15) is 9.50 Å². The van der Waals surface area contributed by atoms with Gasteiger partial charge in [-0.1, -0.05) is 32.4 Å². The molecule has 0 radical (unpaired) electrons. The first-order chi connectivity index (χ1) is 8.49. The van der Waals surface area contributed by atoms with Crippen molar-refractivity contribution in [2.24, 2.45) is 0 Å². The molecular weight excluding hydrogens is 388 g/mol. The summed E-state index contributed by atoms with van der Waals surface area (Å²) in [7, 11) is 0. The molecule has 2 N–H and O–H groups in total. The van der Waals surface area contributed by atoms with E-state index in [9.17, 15) is 9.59 Å². The number of nitrogens with zero attached hydrogens (tertiary/aromatic N) is 1. The van der Waals surface area contributed by atoms with Gasteiger partial charge in [-0.3, -0.25) is 9.78 Å². The number of hydrogen-bond acceptors (Lipinski definition) is 4. The van der Waals surface area contributed by atoms with E-state index >= 15 is 0 Å². The number of aromatic nitrogens is 2. The van der Waals surface area contributed by atoms with E-state index in [-0.39, 0.29) is 9.20 Å². The average molecular weight is 394 g/mol. The standard InChI is InChI=1S/C10H6Br2N2O3S/c11-5-1-3-6(4-2-5)18-8-7(12)9(15)14(17)10(16)13-8/h1-4,17H,(H,13,16). The van der Waals surface area contributed by atoms with Gasteiger partial charge in [0, 0.05) is 9.37 Å². The second-order valence-electron chi connectivity index (χ2n) is 3.25. The molecule has 1 aromatic heterocycles. The molecule has 0 spiro atoms. The van der Waals surface area contributed by atoms with E-state index in [2.05, 4.69) is 36.8 Å². The van der Waals surface area contributed by atoms with Crippen molar-refractivity contribution in [3.05, 3.63) is 54.0 Å². The largest absolute Gasteiger partial charge is 0.421 e. The molecule has 0 aliphatic rings. The fraction of sp³-hybridized carbons (Fsp3) is 0. The molecule has 0 aliphatic heterocycles. The van der Waals surface area contributed by atoms with Crippen LogP contribution in [0.4, 0.5) is 0 Å². The molecule has 0 fully saturated rings. The lowest BCUT2D eigenvalue weighted by Crippen LogP contribution is -2.34. The van der Waals surface area contributed by atoms with Gasteiger partial charge < -0.3 is 5.21 Å². The summed E-state index contributed by atoms with van der Waals surface area (Å²) in [5, 5.41) is 9.47. The maximum atomic E-state index is 11.5. The summed E-state index contributed by atoms with van der Waals surface area (Å²) in [6.45, 7) is 0. The first kappa shape index (κ1) is 13.4. The van der Waals surface area contributed by atoms with Crippen LogP contribution in [0.3, 0.4) is 0 Å². The van der Waals surface area contributed by atoms with Gasteiger partial charge in [0.2, 0.25) is 0 Å². The highest BCUT2D eigenvalue weighted by atomic mass is 79.9. The Kier molecular flexibility index (Phi) is 3.98. The Bertz CT molecular complexity index is 694. The van der Waals surface area contributed by atoms with E-state index < -0.39 is 11.2 Å². The van der Waals surface area contributed by atoms with Crippen molar-refractivity contribution in [1.29, 1.82) is 0 Å². The minimum absolute atomic E-state index is 0.0235. The molecule has 0 aliphatic carbocycles. The van der Waals surface area contributed by atoms with Gasteiger partial charge in [-0.2, -0.15) is 0 Å². The summed E-state index contributed by atoms with van der Waals surface area (Å²) in [5.41, 5.74) is -1.67. The summed E-state index contributed by atoms with van der Waals surface area (Å²) in [6.07, 6.45) is 0. The highest BCUT2D eigenvalue weighted by Gasteiger charge is 2.12. The number of aromatic amines is 1. The van der Waals surface area contributed by atoms with Gasteiger partial charge in [-0.25, -0.2) is 4.79 Å². The molecule has 8 heteroatoms. The third kappa shape index (κ3) is 2.70. The summed E-state index contributed by atoms with van der Waals surface area (Å²) in [6, 6.07) is 7.37. The molecule has 5 nitrogen and oxygen atoms in total. The molecule has 0 atom stereocenters. The predicted octanol–water partition coefficient (Wildman–Crippen LogP) is 2.45. The predicted molar refractivity (Wildman–Crippen MR) is 74.5 cm³/mol. The van der Waals surface area contributed by atoms with Crippen LogP contribution in [0.1, 0.15) is 0 Å². The SMILES string of the molecule is O=c1[nH]c(Sc2ccc(Br)cc2)c(Br)c(=O)n1O. The number of H-pyrrole nitrogens is 1. The van der Waals surface area contributed by atoms with Crippen molar-refractivity contribution in [2.45, 2.75) is 9.92 Å². The Balaban J connectivity index is 2.44. The van der Waals surface area contributed by atoms with E-state index in [0.29, 0.717) is 5.03 Å². The number of rotatable bonds is 2. The van der Waals surface area contributed by atoms with Crippen molar-refractivity contribution in [2.75, 3.05) is 0 Å². The fourth-order valence-electron chi connectivity index (χ4n) is 1.18. The van der Waals surface area contributed by atoms with Crippen molar-refractivity contribution in [1.82, 2.24) is 9.71 Å². The van der Waals surface area contributed by atoms with E-state index in [1.807, 2.05) is 24.3 Å². The molecule has 18 heavy (non-hydrogen) atoms. The number of hydrogen-bond donors (Lipinski definition) is 2. The lowest BCUT2D eigenvalue weighted by atomic mass is 10.4. The van der Waals surface area contributed by atoms with Gasteiger partial charge >= 0.3 is 11.2 Å². The zero-order chi connectivity index (χ0) is 13.3. The van der Waals surface area contributed by atoms with Crippen LogP contribution in [0, 0.1) is 0 Å². The molecular formula is C10H6Br2N2O3S. The van der Waals surface area contributed by atoms with Crippen molar-refractivity contribution >= 4 is 43.6 Å². The molecule has 0 amide bonds. The fourth-order valence-corrected chi connectivity index (χ4v) is 2.78. The van der Waals surface area contributed by atoms with Crippen molar-refractivity contribution in [3.8, 4) is 0 Å². The zero-order valence-corrected chi connectivity index (χ0v) is 12.7. The first-order valence-electron chi connectivity index (χ1n) is 4.66. The number of nitrogens with one attached hydrogen (secondary N) is 1. The van der Waals surface area contributed by atoms with Gasteiger partial charge in [-0.15, -0.1) is 0 Å². The van der Waals surface area contributed by atoms with Gasteiger partial charge in [0.25, 0.3) is 0 Å². The van der Waals surface area contributed by atoms with Crippen LogP contribution in [0.2, 0.25) is 0 Å². The molecule has 94 valence electrons. The maximum absolute atomic E-state index is 11.5. The minimum atomic E-state index is -0.872. The Hall–Kier alpha value is -0.990. The highest BCUT2D eigenvalue weighted by Crippen LogP contribution is 2.29. The monoisotopic (exact) mass is 392 g/mol. The third-order valence-corrected chi connectivity index (χ3v) is 4.57. The molecule has 1 aromatic carbocycles. The topological polar surface area (TPSA) is 75.1 Å². The molecule has 0 bridgehead atoms. The molecule has 2 aromatic rings. The van der Waals surface area contributed by atoms with Crippen LogP contribution in [0.25, 0.3) is 0 Å². The quantitative estimate of drug-likeness (QED) is 0.607. The highest BCUT2D eigenvalue weighted by molar-refractivity contribution is 9.10. The molecule has 2 rings (SSSR count). The normalized spacial score (nSPS) is 10.6. The Labute approximate surface area is 122 Å². The lowest BCUT2D eigenvalue weighted by molar-refractivity contribution is 0.158. The number of halogens is 2. The summed E-state index contributed by atoms with van der Waals surface area (Å²) in [5.74, 6) is 0. The van der Waals surface area contributed by atoms with E-state index in [0.717, 1.165) is 9.37 Å². The maximum Gasteiger partial charge on any atom is 0.362 e. The average Bonchev–Trinajstić information content (AvgIpc) is 2.36. The Morgan fingerprint density at radius 2 is 1.78 bits per heavy atom. The molecule has 0 saturated carbocycles. The molecule has 0 unspecified atom stereocenters. The first-order valence-corrected chi connectivity index (χ1v) is 7.07. The smallest absolute Gasteiger partial charge is 0.362 e. The summed E-state index contributed by atoms with van der Waals surface area (Å²) < 4.78 is 1.07. The van der Waals surface area contributed by atoms with E-state index in [4.69, 9.17) is 5.21 Å². The van der Waals surface area contributed by atoms with Crippen LogP contribution in [-0.2, 0) is 0 Å². The Morgan fingerprint density at radius 1 is 1.17 bits per heavy atom. The van der Waals surface area contributed by atoms with E-state index in [1.165, 1.54) is 11.8 Å². The lowest BCUT2D eigenvalue weighted by Gasteiger charge is -2.04. The van der Waals surface area contributed by atoms with Crippen LogP contribution in [0.5, 0.6) is 0 Å². The van der Waals surface area contributed by atoms with E-state index in [1.54, 1.807) is 0 Å². The second kappa shape index (κ2) is 5.33. The summed E-state index contributed by atoms with van der Waals surface area (Å²) >= 11 is 7.57. The summed E-state index contributed by atoms with van der Waals surface area (Å²) in [4.78, 5) is 26.0. The van der Waals surface area contributed by atoms with Gasteiger partial charge in [-0.05, 0) is 40.2 Å². The van der Waals surface area contributed by atoms with Crippen LogP contribution < -0.4 is 11.2 Å². The minimum Gasteiger partial charge on any atom is -0.421 e. The zero-order valence-electron chi connectivity index (χ0n) is 8.68. The number of benzene rings is 1. The van der Waals surface area contributed by atoms with Crippen LogP contribution in [-0.4, -0.2) is 14.9 Å². The Morgan fingerprint density at radius 3 is 2.39 bits per heavy atom. The van der Waals surface area contributed by atoms with Crippen molar-refractivity contribution in [3.63, 3.8) is 0 Å². The molecule has 0 saturated heterocycles. The van der Waals surface area contributed by atoms with Crippen LogP contribution in [0.15, 0.2) is 52.7 Å². The van der Waals surface area contributed by atoms with Crippen molar-refractivity contribution < 1.29 is 5.21 Å². The molecule has 1 heterocycles. The third-order valence-electron chi connectivity index (χ3n) is 2.03. The van der Waals surface area contributed by atoms with Gasteiger partial charge in [0.05, 0.1) is 0 Å². The second-order valence-corrected chi connectivity index (χ2v) is 6.04.